The molecular formula is C30H43Br2NO17. The molecule has 50 heavy (non-hydrogen) atoms. The van der Waals surface area contributed by atoms with Gasteiger partial charge in [0.1, 0.15) is 37.6 Å². The molecule has 2 aliphatic heterocycles. The molecule has 2 fully saturated rings. The molecule has 20 heteroatoms. The molecule has 0 unspecified atom stereocenters. The molecule has 284 valence electrons. The van der Waals surface area contributed by atoms with Crippen molar-refractivity contribution < 1.29 is 80.9 Å². The first kappa shape index (κ1) is 43.3. The highest BCUT2D eigenvalue weighted by Crippen LogP contribution is 2.35. The molecule has 0 aromatic carbocycles. The van der Waals surface area contributed by atoms with Gasteiger partial charge in [-0.05, 0) is 0 Å². The van der Waals surface area contributed by atoms with E-state index in [2.05, 4.69) is 37.2 Å². The molecule has 0 radical (unpaired) electrons. The van der Waals surface area contributed by atoms with Crippen LogP contribution in [0.15, 0.2) is 0 Å². The molecule has 18 nitrogen and oxygen atoms in total. The summed E-state index contributed by atoms with van der Waals surface area (Å²) in [5.74, 6) is -5.48. The van der Waals surface area contributed by atoms with Crippen LogP contribution in [0, 0.1) is 5.92 Å². The van der Waals surface area contributed by atoms with Gasteiger partial charge in [-0.15, -0.1) is 0 Å². The Balaban J connectivity index is 2.72. The number of nitrogens with one attached hydrogen (secondary N) is 1. The van der Waals surface area contributed by atoms with Crippen LogP contribution in [0.4, 0.5) is 0 Å². The van der Waals surface area contributed by atoms with Crippen LogP contribution in [0.5, 0.6) is 0 Å². The average Bonchev–Trinajstić information content (AvgIpc) is 2.99. The zero-order chi connectivity index (χ0) is 37.7. The van der Waals surface area contributed by atoms with E-state index in [4.69, 9.17) is 47.4 Å². The highest BCUT2D eigenvalue weighted by Gasteiger charge is 2.57. The van der Waals surface area contributed by atoms with Crippen molar-refractivity contribution in [2.75, 3.05) is 30.5 Å². The fourth-order valence-corrected chi connectivity index (χ4v) is 6.52. The van der Waals surface area contributed by atoms with Crippen LogP contribution in [-0.2, 0) is 80.9 Å². The average molecular weight is 849 g/mol. The smallest absolute Gasteiger partial charge is 0.303 e. The number of halogens is 2. The maximum Gasteiger partial charge on any atom is 0.303 e. The van der Waals surface area contributed by atoms with Crippen molar-refractivity contribution in [2.24, 2.45) is 5.92 Å². The number of esters is 6. The Hall–Kier alpha value is -2.91. The molecule has 0 saturated carbocycles. The number of amides is 1. The van der Waals surface area contributed by atoms with Gasteiger partial charge in [0.25, 0.3) is 0 Å². The number of rotatable bonds is 16. The number of carbonyl (C=O) groups excluding carboxylic acids is 7. The molecule has 0 aliphatic carbocycles. The number of hydrogen-bond acceptors (Lipinski definition) is 17. The summed E-state index contributed by atoms with van der Waals surface area (Å²) < 4.78 is 57.1. The van der Waals surface area contributed by atoms with E-state index >= 15 is 0 Å². The lowest BCUT2D eigenvalue weighted by molar-refractivity contribution is -0.350. The monoisotopic (exact) mass is 847 g/mol. The standard InChI is InChI=1S/C30H43Br2NO17/c1-13(34)33-23-26(45-17(5)38)24(21(11-41-14(2)35)48-29(23)43-10-20(8-31)9-32)50-30-28(47-19(7)40)27(46-18(6)39)25(44-16(4)37)22(49-30)12-42-15(3)36/h20-30H,8-12H2,1-7H3,(H,33,34)/t21-,22-,23-,24-,25+,26-,27+,28-,29-,30+/m1/s1. The van der Waals surface area contributed by atoms with E-state index in [0.29, 0.717) is 10.7 Å². The third kappa shape index (κ3) is 13.7. The Kier molecular flexibility index (Phi) is 18.0. The fourth-order valence-electron chi connectivity index (χ4n) is 5.08. The van der Waals surface area contributed by atoms with Crippen molar-refractivity contribution in [3.05, 3.63) is 0 Å². The number of alkyl halides is 2. The number of hydrogen-bond donors (Lipinski definition) is 1. The second-order valence-electron chi connectivity index (χ2n) is 11.3. The van der Waals surface area contributed by atoms with Gasteiger partial charge in [0.05, 0.1) is 6.61 Å². The van der Waals surface area contributed by atoms with Crippen LogP contribution in [0.1, 0.15) is 48.5 Å². The van der Waals surface area contributed by atoms with Gasteiger partial charge >= 0.3 is 35.8 Å². The zero-order valence-electron chi connectivity index (χ0n) is 28.6. The first-order chi connectivity index (χ1) is 23.5. The van der Waals surface area contributed by atoms with E-state index in [1.54, 1.807) is 0 Å². The van der Waals surface area contributed by atoms with Crippen molar-refractivity contribution in [3.63, 3.8) is 0 Å². The first-order valence-electron chi connectivity index (χ1n) is 15.4. The molecule has 1 N–H and O–H groups in total. The highest BCUT2D eigenvalue weighted by molar-refractivity contribution is 9.09. The van der Waals surface area contributed by atoms with E-state index < -0.39 is 116 Å². The Morgan fingerprint density at radius 3 is 1.48 bits per heavy atom. The molecule has 0 aromatic heterocycles. The number of carbonyl (C=O) groups is 7. The Morgan fingerprint density at radius 1 is 0.580 bits per heavy atom. The lowest BCUT2D eigenvalue weighted by Gasteiger charge is -2.49. The van der Waals surface area contributed by atoms with Crippen molar-refractivity contribution >= 4 is 73.6 Å². The van der Waals surface area contributed by atoms with Gasteiger partial charge in [0, 0.05) is 65.0 Å². The largest absolute Gasteiger partial charge is 0.463 e. The Bertz CT molecular complexity index is 1220. The van der Waals surface area contributed by atoms with E-state index in [-0.39, 0.29) is 12.5 Å². The van der Waals surface area contributed by atoms with Gasteiger partial charge in [0.15, 0.2) is 37.0 Å². The van der Waals surface area contributed by atoms with E-state index in [1.165, 1.54) is 6.92 Å². The van der Waals surface area contributed by atoms with E-state index in [0.717, 1.165) is 41.5 Å². The summed E-state index contributed by atoms with van der Waals surface area (Å²) in [6.07, 6.45) is -13.3. The predicted molar refractivity (Wildman–Crippen MR) is 172 cm³/mol. The van der Waals surface area contributed by atoms with Crippen LogP contribution >= 0.6 is 31.9 Å². The molecule has 10 atom stereocenters. The molecule has 0 aromatic rings. The topological polar surface area (TPSA) is 224 Å². The molecule has 2 saturated heterocycles. The lowest BCUT2D eigenvalue weighted by atomic mass is 9.94. The summed E-state index contributed by atoms with van der Waals surface area (Å²) in [6, 6.07) is -1.23. The van der Waals surface area contributed by atoms with Gasteiger partial charge in [-0.2, -0.15) is 0 Å². The van der Waals surface area contributed by atoms with E-state index in [1.807, 2.05) is 0 Å². The third-order valence-electron chi connectivity index (χ3n) is 6.94. The molecule has 2 rings (SSSR count). The maximum atomic E-state index is 12.5. The van der Waals surface area contributed by atoms with Crippen LogP contribution in [0.2, 0.25) is 0 Å². The molecule has 2 aliphatic rings. The SMILES string of the molecule is CC(=O)N[C@H]1[C@H](OCC(CBr)CBr)O[C@H](COC(C)=O)[C@@H](O[C@@H]2O[C@H](COC(C)=O)[C@H](OC(C)=O)[C@H](OC(C)=O)[C@H]2OC(C)=O)[C@@H]1OC(C)=O. The van der Waals surface area contributed by atoms with Gasteiger partial charge < -0.3 is 52.7 Å². The Morgan fingerprint density at radius 2 is 1.02 bits per heavy atom. The predicted octanol–water partition coefficient (Wildman–Crippen LogP) is 0.602. The summed E-state index contributed by atoms with van der Waals surface area (Å²) >= 11 is 6.80. The minimum absolute atomic E-state index is 0.0534. The summed E-state index contributed by atoms with van der Waals surface area (Å²) in [5.41, 5.74) is 0. The van der Waals surface area contributed by atoms with Crippen molar-refractivity contribution in [2.45, 2.75) is 110 Å². The molecular weight excluding hydrogens is 806 g/mol. The zero-order valence-corrected chi connectivity index (χ0v) is 31.8. The molecule has 0 bridgehead atoms. The number of ether oxygens (including phenoxy) is 10. The minimum Gasteiger partial charge on any atom is -0.463 e. The van der Waals surface area contributed by atoms with Crippen LogP contribution < -0.4 is 5.32 Å². The van der Waals surface area contributed by atoms with Crippen molar-refractivity contribution in [3.8, 4) is 0 Å². The highest BCUT2D eigenvalue weighted by atomic mass is 79.9. The van der Waals surface area contributed by atoms with Crippen LogP contribution in [0.25, 0.3) is 0 Å². The quantitative estimate of drug-likeness (QED) is 0.128. The van der Waals surface area contributed by atoms with Gasteiger partial charge in [-0.25, -0.2) is 0 Å². The second kappa shape index (κ2) is 20.8. The first-order valence-corrected chi connectivity index (χ1v) is 17.6. The van der Waals surface area contributed by atoms with E-state index in [9.17, 15) is 33.6 Å². The van der Waals surface area contributed by atoms with Gasteiger partial charge in [-0.1, -0.05) is 31.9 Å². The third-order valence-corrected chi connectivity index (χ3v) is 8.77. The summed E-state index contributed by atoms with van der Waals surface area (Å²) in [5, 5.41) is 3.73. The lowest BCUT2D eigenvalue weighted by Crippen LogP contribution is -2.69. The van der Waals surface area contributed by atoms with Crippen molar-refractivity contribution in [1.82, 2.24) is 5.32 Å². The summed E-state index contributed by atoms with van der Waals surface area (Å²) in [4.78, 5) is 85.5. The van der Waals surface area contributed by atoms with Crippen LogP contribution in [-0.4, -0.2) is 134 Å². The Labute approximate surface area is 305 Å². The molecule has 1 amide bonds. The van der Waals surface area contributed by atoms with Crippen molar-refractivity contribution in [1.29, 1.82) is 0 Å². The maximum absolute atomic E-state index is 12.5. The minimum atomic E-state index is -1.75. The summed E-state index contributed by atoms with van der Waals surface area (Å²) in [7, 11) is 0. The molecule has 2 heterocycles. The normalized spacial score (nSPS) is 29.2. The fraction of sp³-hybridized carbons (Fsp3) is 0.767. The summed E-state index contributed by atoms with van der Waals surface area (Å²) in [6.45, 7) is 6.81. The van der Waals surface area contributed by atoms with Gasteiger partial charge in [-0.3, -0.25) is 33.6 Å². The second-order valence-corrected chi connectivity index (χ2v) is 12.6. The molecule has 0 spiro atoms. The van der Waals surface area contributed by atoms with Crippen LogP contribution in [0.3, 0.4) is 0 Å². The van der Waals surface area contributed by atoms with Gasteiger partial charge in [0.2, 0.25) is 5.91 Å².